The molecular formula is C8H13FN4O2. The summed E-state index contributed by atoms with van der Waals surface area (Å²) in [7, 11) is 0. The number of alkyl halides is 1. The van der Waals surface area contributed by atoms with Gasteiger partial charge in [0.15, 0.2) is 0 Å². The number of rotatable bonds is 4. The molecule has 7 heteroatoms. The number of aromatic amines is 1. The average Bonchev–Trinajstić information content (AvgIpc) is 2.20. The lowest BCUT2D eigenvalue weighted by Gasteiger charge is -2.05. The number of H-pyrrole nitrogens is 1. The van der Waals surface area contributed by atoms with Gasteiger partial charge in [-0.3, -0.25) is 18.7 Å². The van der Waals surface area contributed by atoms with Crippen molar-refractivity contribution in [3.05, 3.63) is 20.8 Å². The Kier molecular flexibility index (Phi) is 3.48. The SMILES string of the molecule is Nc1[nH]c(=O)n(CCCCF)c(=O)c1N. The van der Waals surface area contributed by atoms with Crippen molar-refractivity contribution in [2.45, 2.75) is 19.4 Å². The molecule has 0 fully saturated rings. The normalized spacial score (nSPS) is 10.5. The van der Waals surface area contributed by atoms with Crippen molar-refractivity contribution in [1.29, 1.82) is 0 Å². The van der Waals surface area contributed by atoms with Crippen molar-refractivity contribution < 1.29 is 4.39 Å². The molecule has 0 aliphatic carbocycles. The molecule has 1 aromatic rings. The van der Waals surface area contributed by atoms with Crippen molar-refractivity contribution in [1.82, 2.24) is 9.55 Å². The Morgan fingerprint density at radius 1 is 1.27 bits per heavy atom. The van der Waals surface area contributed by atoms with E-state index in [4.69, 9.17) is 11.5 Å². The van der Waals surface area contributed by atoms with Crippen LogP contribution in [0.3, 0.4) is 0 Å². The minimum Gasteiger partial charge on any atom is -0.391 e. The highest BCUT2D eigenvalue weighted by atomic mass is 19.1. The third-order valence-electron chi connectivity index (χ3n) is 2.02. The Morgan fingerprint density at radius 2 is 1.93 bits per heavy atom. The predicted molar refractivity (Wildman–Crippen MR) is 55.4 cm³/mol. The lowest BCUT2D eigenvalue weighted by atomic mass is 10.3. The van der Waals surface area contributed by atoms with Gasteiger partial charge in [-0.1, -0.05) is 0 Å². The van der Waals surface area contributed by atoms with Gasteiger partial charge in [0.25, 0.3) is 5.56 Å². The number of unbranched alkanes of at least 4 members (excludes halogenated alkanes) is 1. The first-order valence-corrected chi connectivity index (χ1v) is 4.52. The molecule has 15 heavy (non-hydrogen) atoms. The molecule has 0 atom stereocenters. The Bertz CT molecular complexity index is 451. The summed E-state index contributed by atoms with van der Waals surface area (Å²) >= 11 is 0. The largest absolute Gasteiger partial charge is 0.391 e. The van der Waals surface area contributed by atoms with Crippen LogP contribution in [0.4, 0.5) is 15.9 Å². The summed E-state index contributed by atoms with van der Waals surface area (Å²) in [5, 5.41) is 0. The van der Waals surface area contributed by atoms with Crippen LogP contribution in [0.15, 0.2) is 9.59 Å². The average molecular weight is 216 g/mol. The van der Waals surface area contributed by atoms with E-state index in [1.165, 1.54) is 0 Å². The van der Waals surface area contributed by atoms with E-state index in [-0.39, 0.29) is 18.1 Å². The third-order valence-corrected chi connectivity index (χ3v) is 2.02. The number of aromatic nitrogens is 2. The molecule has 0 radical (unpaired) electrons. The van der Waals surface area contributed by atoms with Crippen molar-refractivity contribution >= 4 is 11.5 Å². The van der Waals surface area contributed by atoms with Gasteiger partial charge in [-0.2, -0.15) is 0 Å². The quantitative estimate of drug-likeness (QED) is 0.587. The minimum atomic E-state index is -0.630. The van der Waals surface area contributed by atoms with Crippen molar-refractivity contribution in [3.8, 4) is 0 Å². The topological polar surface area (TPSA) is 107 Å². The molecule has 1 rings (SSSR count). The number of nitrogens with one attached hydrogen (secondary N) is 1. The maximum absolute atomic E-state index is 11.8. The molecule has 1 heterocycles. The third kappa shape index (κ3) is 2.36. The number of halogens is 1. The van der Waals surface area contributed by atoms with Gasteiger partial charge in [0.05, 0.1) is 6.67 Å². The molecule has 0 amide bonds. The Hall–Kier alpha value is -1.79. The van der Waals surface area contributed by atoms with Gasteiger partial charge in [-0.05, 0) is 12.8 Å². The van der Waals surface area contributed by atoms with Crippen LogP contribution in [-0.4, -0.2) is 16.2 Å². The van der Waals surface area contributed by atoms with E-state index >= 15 is 0 Å². The van der Waals surface area contributed by atoms with Gasteiger partial charge < -0.3 is 11.5 Å². The zero-order valence-electron chi connectivity index (χ0n) is 8.12. The van der Waals surface area contributed by atoms with E-state index in [1.54, 1.807) is 0 Å². The molecule has 0 spiro atoms. The standard InChI is InChI=1S/C8H13FN4O2/c9-3-1-2-4-13-7(14)5(10)6(11)12-8(13)15/h1-4,10-11H2,(H,12,15). The van der Waals surface area contributed by atoms with Crippen LogP contribution in [0.25, 0.3) is 0 Å². The lowest BCUT2D eigenvalue weighted by molar-refractivity contribution is 0.442. The Labute approximate surface area is 84.7 Å². The summed E-state index contributed by atoms with van der Waals surface area (Å²) in [6, 6.07) is 0. The first-order chi connectivity index (χ1) is 7.07. The van der Waals surface area contributed by atoms with Crippen LogP contribution < -0.4 is 22.7 Å². The van der Waals surface area contributed by atoms with Crippen molar-refractivity contribution in [3.63, 3.8) is 0 Å². The van der Waals surface area contributed by atoms with Crippen LogP contribution in [0.2, 0.25) is 0 Å². The van der Waals surface area contributed by atoms with Gasteiger partial charge in [-0.15, -0.1) is 0 Å². The molecule has 5 N–H and O–H groups in total. The van der Waals surface area contributed by atoms with Crippen LogP contribution >= 0.6 is 0 Å². The highest BCUT2D eigenvalue weighted by Gasteiger charge is 2.07. The number of nitrogens with two attached hydrogens (primary N) is 2. The second-order valence-corrected chi connectivity index (χ2v) is 3.11. The highest BCUT2D eigenvalue weighted by Crippen LogP contribution is 2.00. The fourth-order valence-corrected chi connectivity index (χ4v) is 1.17. The van der Waals surface area contributed by atoms with E-state index in [0.29, 0.717) is 12.8 Å². The first-order valence-electron chi connectivity index (χ1n) is 4.52. The predicted octanol–water partition coefficient (Wildman–Crippen LogP) is -0.549. The van der Waals surface area contributed by atoms with Crippen LogP contribution in [0, 0.1) is 0 Å². The Morgan fingerprint density at radius 3 is 2.53 bits per heavy atom. The summed E-state index contributed by atoms with van der Waals surface area (Å²) in [5.74, 6) is -0.133. The van der Waals surface area contributed by atoms with Crippen LogP contribution in [0.1, 0.15) is 12.8 Å². The molecule has 6 nitrogen and oxygen atoms in total. The highest BCUT2D eigenvalue weighted by molar-refractivity contribution is 5.55. The monoisotopic (exact) mass is 216 g/mol. The van der Waals surface area contributed by atoms with Gasteiger partial charge in [0.2, 0.25) is 0 Å². The van der Waals surface area contributed by atoms with E-state index < -0.39 is 17.9 Å². The van der Waals surface area contributed by atoms with Crippen molar-refractivity contribution in [2.24, 2.45) is 0 Å². The van der Waals surface area contributed by atoms with Crippen molar-refractivity contribution in [2.75, 3.05) is 18.1 Å². The molecule has 0 aromatic carbocycles. The molecule has 84 valence electrons. The number of hydrogen-bond donors (Lipinski definition) is 3. The molecule has 0 unspecified atom stereocenters. The van der Waals surface area contributed by atoms with Crippen LogP contribution in [-0.2, 0) is 6.54 Å². The zero-order chi connectivity index (χ0) is 11.4. The minimum absolute atomic E-state index is 0.133. The fourth-order valence-electron chi connectivity index (χ4n) is 1.17. The molecule has 1 aromatic heterocycles. The summed E-state index contributed by atoms with van der Waals surface area (Å²) in [6.45, 7) is -0.334. The molecule has 0 saturated carbocycles. The lowest BCUT2D eigenvalue weighted by Crippen LogP contribution is -2.37. The smallest absolute Gasteiger partial charge is 0.330 e. The van der Waals surface area contributed by atoms with E-state index in [0.717, 1.165) is 4.57 Å². The maximum Gasteiger partial charge on any atom is 0.330 e. The van der Waals surface area contributed by atoms with E-state index in [9.17, 15) is 14.0 Å². The number of hydrogen-bond acceptors (Lipinski definition) is 4. The van der Waals surface area contributed by atoms with Gasteiger partial charge in [-0.25, -0.2) is 4.79 Å². The second-order valence-electron chi connectivity index (χ2n) is 3.11. The summed E-state index contributed by atoms with van der Waals surface area (Å²) in [6.07, 6.45) is 0.707. The molecule has 0 bridgehead atoms. The first kappa shape index (κ1) is 11.3. The van der Waals surface area contributed by atoms with Gasteiger partial charge in [0, 0.05) is 6.54 Å². The van der Waals surface area contributed by atoms with Gasteiger partial charge in [0.1, 0.15) is 11.5 Å². The number of anilines is 2. The molecule has 0 aliphatic heterocycles. The molecule has 0 aliphatic rings. The van der Waals surface area contributed by atoms with E-state index in [2.05, 4.69) is 4.98 Å². The Balaban J connectivity index is 3.03. The molecule has 0 saturated heterocycles. The summed E-state index contributed by atoms with van der Waals surface area (Å²) in [5.41, 5.74) is 9.21. The van der Waals surface area contributed by atoms with E-state index in [1.807, 2.05) is 0 Å². The second kappa shape index (κ2) is 4.63. The zero-order valence-corrected chi connectivity index (χ0v) is 8.12. The summed E-state index contributed by atoms with van der Waals surface area (Å²) < 4.78 is 12.7. The number of nitrogen functional groups attached to an aromatic ring is 2. The van der Waals surface area contributed by atoms with Crippen LogP contribution in [0.5, 0.6) is 0 Å². The fraction of sp³-hybridized carbons (Fsp3) is 0.500. The molecular weight excluding hydrogens is 203 g/mol. The van der Waals surface area contributed by atoms with Gasteiger partial charge >= 0.3 is 5.69 Å². The maximum atomic E-state index is 11.8. The number of nitrogens with zero attached hydrogens (tertiary/aromatic N) is 1. The summed E-state index contributed by atoms with van der Waals surface area (Å²) in [4.78, 5) is 25.0.